The van der Waals surface area contributed by atoms with Crippen LogP contribution in [0.2, 0.25) is 0 Å². The molecular weight excluding hydrogens is 388 g/mol. The molecule has 144 valence electrons. The zero-order chi connectivity index (χ0) is 20.5. The molecule has 1 unspecified atom stereocenters. The number of rotatable bonds is 4. The number of para-hydroxylation sites is 1. The van der Waals surface area contributed by atoms with Crippen LogP contribution in [0.15, 0.2) is 58.5 Å². The van der Waals surface area contributed by atoms with Crippen LogP contribution >= 0.6 is 11.8 Å². The van der Waals surface area contributed by atoms with E-state index in [1.165, 1.54) is 16.3 Å². The van der Waals surface area contributed by atoms with Crippen LogP contribution in [0.1, 0.15) is 12.5 Å². The predicted octanol–water partition coefficient (Wildman–Crippen LogP) is 2.57. The zero-order valence-corrected chi connectivity index (χ0v) is 16.5. The van der Waals surface area contributed by atoms with Crippen LogP contribution in [0.25, 0.3) is 16.7 Å². The first-order valence-corrected chi connectivity index (χ1v) is 9.68. The molecule has 9 heteroatoms. The molecule has 2 heterocycles. The summed E-state index contributed by atoms with van der Waals surface area (Å²) in [5.74, 6) is 0.182. The fourth-order valence-electron chi connectivity index (χ4n) is 3.01. The number of amides is 1. The third-order valence-corrected chi connectivity index (χ3v) is 5.55. The molecule has 4 aromatic rings. The second-order valence-electron chi connectivity index (χ2n) is 6.44. The van der Waals surface area contributed by atoms with Crippen LogP contribution in [0.3, 0.4) is 0 Å². The van der Waals surface area contributed by atoms with E-state index in [4.69, 9.17) is 5.26 Å². The standard InChI is InChI=1S/C20H16N6O2S/c1-12(17(27)22-14-7-5-6-13(10-14)11-21)29-20-24-23-19-25(2)18(28)15-8-3-4-9-16(15)26(19)20/h3-10,12H,1-2H3,(H,22,27). The number of hydrogen-bond donors (Lipinski definition) is 1. The van der Waals surface area contributed by atoms with Gasteiger partial charge in [0.1, 0.15) is 0 Å². The van der Waals surface area contributed by atoms with Gasteiger partial charge < -0.3 is 5.32 Å². The molecular formula is C20H16N6O2S. The van der Waals surface area contributed by atoms with Crippen LogP contribution in [0.5, 0.6) is 0 Å². The summed E-state index contributed by atoms with van der Waals surface area (Å²) in [4.78, 5) is 25.2. The van der Waals surface area contributed by atoms with Gasteiger partial charge in [0.05, 0.1) is 27.8 Å². The van der Waals surface area contributed by atoms with Crippen LogP contribution in [0, 0.1) is 11.3 Å². The van der Waals surface area contributed by atoms with E-state index in [0.29, 0.717) is 33.1 Å². The molecule has 0 aliphatic rings. The molecule has 8 nitrogen and oxygen atoms in total. The number of carbonyl (C=O) groups is 1. The molecule has 4 rings (SSSR count). The van der Waals surface area contributed by atoms with E-state index in [2.05, 4.69) is 15.5 Å². The third kappa shape index (κ3) is 3.34. The molecule has 0 aliphatic carbocycles. The van der Waals surface area contributed by atoms with Crippen LogP contribution in [-0.4, -0.2) is 30.3 Å². The summed E-state index contributed by atoms with van der Waals surface area (Å²) in [6.07, 6.45) is 0. The number of nitrogens with one attached hydrogen (secondary N) is 1. The Morgan fingerprint density at radius 2 is 2.00 bits per heavy atom. The lowest BCUT2D eigenvalue weighted by molar-refractivity contribution is -0.115. The highest BCUT2D eigenvalue weighted by Gasteiger charge is 2.21. The number of fused-ring (bicyclic) bond motifs is 3. The van der Waals surface area contributed by atoms with Crippen molar-refractivity contribution in [2.45, 2.75) is 17.3 Å². The molecule has 0 bridgehead atoms. The molecule has 29 heavy (non-hydrogen) atoms. The fourth-order valence-corrected chi connectivity index (χ4v) is 3.87. The van der Waals surface area contributed by atoms with E-state index in [9.17, 15) is 9.59 Å². The van der Waals surface area contributed by atoms with Crippen molar-refractivity contribution in [2.75, 3.05) is 5.32 Å². The zero-order valence-electron chi connectivity index (χ0n) is 15.7. The highest BCUT2D eigenvalue weighted by atomic mass is 32.2. The van der Waals surface area contributed by atoms with Gasteiger partial charge in [-0.05, 0) is 37.3 Å². The maximum atomic E-state index is 12.6. The number of aryl methyl sites for hydroxylation is 1. The minimum Gasteiger partial charge on any atom is -0.325 e. The molecule has 0 saturated heterocycles. The predicted molar refractivity (Wildman–Crippen MR) is 111 cm³/mol. The molecule has 0 aliphatic heterocycles. The summed E-state index contributed by atoms with van der Waals surface area (Å²) in [5.41, 5.74) is 1.56. The van der Waals surface area contributed by atoms with E-state index in [1.54, 1.807) is 54.8 Å². The number of nitrogens with zero attached hydrogens (tertiary/aromatic N) is 5. The van der Waals surface area contributed by atoms with Gasteiger partial charge in [-0.1, -0.05) is 30.0 Å². The molecule has 0 saturated carbocycles. The van der Waals surface area contributed by atoms with E-state index in [0.717, 1.165) is 0 Å². The Bertz CT molecular complexity index is 1350. The van der Waals surface area contributed by atoms with Crippen molar-refractivity contribution >= 4 is 40.0 Å². The van der Waals surface area contributed by atoms with Crippen molar-refractivity contribution < 1.29 is 4.79 Å². The number of hydrogen-bond acceptors (Lipinski definition) is 6. The lowest BCUT2D eigenvalue weighted by Gasteiger charge is -2.12. The second kappa shape index (κ2) is 7.41. The van der Waals surface area contributed by atoms with Crippen molar-refractivity contribution in [3.05, 3.63) is 64.4 Å². The van der Waals surface area contributed by atoms with Gasteiger partial charge in [0.15, 0.2) is 5.16 Å². The average Bonchev–Trinajstić information content (AvgIpc) is 3.16. The van der Waals surface area contributed by atoms with Crippen molar-refractivity contribution in [3.8, 4) is 6.07 Å². The summed E-state index contributed by atoms with van der Waals surface area (Å²) < 4.78 is 3.22. The highest BCUT2D eigenvalue weighted by Crippen LogP contribution is 2.25. The molecule has 1 atom stereocenters. The molecule has 0 spiro atoms. The monoisotopic (exact) mass is 404 g/mol. The van der Waals surface area contributed by atoms with Crippen LogP contribution in [0.4, 0.5) is 5.69 Å². The normalized spacial score (nSPS) is 12.0. The van der Waals surface area contributed by atoms with Crippen molar-refractivity contribution in [1.29, 1.82) is 5.26 Å². The van der Waals surface area contributed by atoms with Gasteiger partial charge in [-0.3, -0.25) is 18.6 Å². The number of carbonyl (C=O) groups excluding carboxylic acids is 1. The number of anilines is 1. The summed E-state index contributed by atoms with van der Waals surface area (Å²) in [5, 5.41) is 20.7. The first-order valence-electron chi connectivity index (χ1n) is 8.80. The largest absolute Gasteiger partial charge is 0.325 e. The van der Waals surface area contributed by atoms with Crippen molar-refractivity contribution in [2.24, 2.45) is 7.05 Å². The third-order valence-electron chi connectivity index (χ3n) is 4.51. The second-order valence-corrected chi connectivity index (χ2v) is 7.75. The van der Waals surface area contributed by atoms with E-state index >= 15 is 0 Å². The summed E-state index contributed by atoms with van der Waals surface area (Å²) in [6.45, 7) is 1.76. The molecule has 2 aromatic carbocycles. The van der Waals surface area contributed by atoms with E-state index in [1.807, 2.05) is 18.2 Å². The first-order chi connectivity index (χ1) is 14.0. The van der Waals surface area contributed by atoms with Crippen LogP contribution in [-0.2, 0) is 11.8 Å². The maximum absolute atomic E-state index is 12.6. The Kier molecular flexibility index (Phi) is 4.78. The Labute approximate surface area is 169 Å². The summed E-state index contributed by atoms with van der Waals surface area (Å²) in [6, 6.07) is 16.0. The lowest BCUT2D eigenvalue weighted by atomic mass is 10.2. The SMILES string of the molecule is CC(Sc1nnc2n(C)c(=O)c3ccccc3n12)C(=O)Nc1cccc(C#N)c1. The van der Waals surface area contributed by atoms with Gasteiger partial charge in [0.25, 0.3) is 5.56 Å². The number of nitriles is 1. The first kappa shape index (κ1) is 18.7. The summed E-state index contributed by atoms with van der Waals surface area (Å²) >= 11 is 1.24. The van der Waals surface area contributed by atoms with Crippen molar-refractivity contribution in [3.63, 3.8) is 0 Å². The molecule has 1 amide bonds. The molecule has 2 aromatic heterocycles. The topological polar surface area (TPSA) is 105 Å². The van der Waals surface area contributed by atoms with E-state index in [-0.39, 0.29) is 11.5 Å². The minimum atomic E-state index is -0.482. The fraction of sp³-hybridized carbons (Fsp3) is 0.150. The Morgan fingerprint density at radius 3 is 2.79 bits per heavy atom. The highest BCUT2D eigenvalue weighted by molar-refractivity contribution is 8.00. The van der Waals surface area contributed by atoms with Crippen LogP contribution < -0.4 is 10.9 Å². The Hall–Kier alpha value is -3.64. The van der Waals surface area contributed by atoms with Gasteiger partial charge in [0.2, 0.25) is 11.7 Å². The van der Waals surface area contributed by atoms with E-state index < -0.39 is 5.25 Å². The number of aromatic nitrogens is 4. The molecule has 0 fully saturated rings. The maximum Gasteiger partial charge on any atom is 0.262 e. The Morgan fingerprint density at radius 1 is 1.21 bits per heavy atom. The van der Waals surface area contributed by atoms with Gasteiger partial charge >= 0.3 is 0 Å². The Balaban J connectivity index is 1.66. The lowest BCUT2D eigenvalue weighted by Crippen LogP contribution is -2.23. The average molecular weight is 404 g/mol. The van der Waals surface area contributed by atoms with Gasteiger partial charge in [-0.15, -0.1) is 10.2 Å². The quantitative estimate of drug-likeness (QED) is 0.524. The smallest absolute Gasteiger partial charge is 0.262 e. The van der Waals surface area contributed by atoms with Crippen molar-refractivity contribution in [1.82, 2.24) is 19.2 Å². The number of thioether (sulfide) groups is 1. The van der Waals surface area contributed by atoms with Gasteiger partial charge in [0, 0.05) is 12.7 Å². The van der Waals surface area contributed by atoms with Gasteiger partial charge in [-0.2, -0.15) is 5.26 Å². The molecule has 0 radical (unpaired) electrons. The molecule has 1 N–H and O–H groups in total. The summed E-state index contributed by atoms with van der Waals surface area (Å²) in [7, 11) is 1.64. The number of benzene rings is 2. The van der Waals surface area contributed by atoms with Gasteiger partial charge in [-0.25, -0.2) is 0 Å². The minimum absolute atomic E-state index is 0.153.